The molecule has 0 atom stereocenters. The van der Waals surface area contributed by atoms with Crippen LogP contribution >= 0.6 is 11.8 Å². The van der Waals surface area contributed by atoms with Gasteiger partial charge in [-0.15, -0.1) is 0 Å². The third-order valence-electron chi connectivity index (χ3n) is 4.99. The highest BCUT2D eigenvalue weighted by atomic mass is 32.2. The van der Waals surface area contributed by atoms with Gasteiger partial charge in [0.05, 0.1) is 11.2 Å². The highest BCUT2D eigenvalue weighted by Gasteiger charge is 2.51. The maximum Gasteiger partial charge on any atom is 0.494 e. The van der Waals surface area contributed by atoms with Gasteiger partial charge < -0.3 is 9.31 Å². The van der Waals surface area contributed by atoms with Crippen molar-refractivity contribution in [2.45, 2.75) is 45.4 Å². The molecule has 1 aromatic rings. The second-order valence-electron chi connectivity index (χ2n) is 7.22. The third kappa shape index (κ3) is 3.38. The number of thioether (sulfide) groups is 1. The van der Waals surface area contributed by atoms with Gasteiger partial charge in [0.2, 0.25) is 0 Å². The molecule has 0 unspecified atom stereocenters. The van der Waals surface area contributed by atoms with Crippen LogP contribution in [-0.4, -0.2) is 47.8 Å². The molecule has 0 aliphatic carbocycles. The van der Waals surface area contributed by atoms with Crippen LogP contribution in [0.1, 0.15) is 33.3 Å². The minimum Gasteiger partial charge on any atom is -0.399 e. The van der Waals surface area contributed by atoms with Gasteiger partial charge in [-0.2, -0.15) is 11.8 Å². The summed E-state index contributed by atoms with van der Waals surface area (Å²) in [6.07, 6.45) is 0. The zero-order valence-corrected chi connectivity index (χ0v) is 14.9. The van der Waals surface area contributed by atoms with Crippen LogP contribution in [0.15, 0.2) is 24.3 Å². The molecule has 5 heteroatoms. The van der Waals surface area contributed by atoms with E-state index in [0.29, 0.717) is 0 Å². The Kier molecular flexibility index (Phi) is 4.61. The van der Waals surface area contributed by atoms with E-state index < -0.39 is 0 Å². The van der Waals surface area contributed by atoms with E-state index in [1.165, 1.54) is 30.2 Å². The molecule has 0 saturated carbocycles. The lowest BCUT2D eigenvalue weighted by atomic mass is 9.78. The van der Waals surface area contributed by atoms with Crippen molar-refractivity contribution in [3.8, 4) is 0 Å². The van der Waals surface area contributed by atoms with Crippen molar-refractivity contribution in [1.29, 1.82) is 0 Å². The first kappa shape index (κ1) is 16.4. The van der Waals surface area contributed by atoms with Crippen molar-refractivity contribution in [3.63, 3.8) is 0 Å². The monoisotopic (exact) mass is 319 g/mol. The molecule has 0 spiro atoms. The van der Waals surface area contributed by atoms with Gasteiger partial charge in [-0.05, 0) is 38.7 Å². The molecule has 2 fully saturated rings. The van der Waals surface area contributed by atoms with Crippen LogP contribution in [0.4, 0.5) is 0 Å². The minimum atomic E-state index is -0.280. The van der Waals surface area contributed by atoms with Crippen molar-refractivity contribution in [2.75, 3.05) is 24.6 Å². The first-order chi connectivity index (χ1) is 10.4. The minimum absolute atomic E-state index is 0.262. The molecule has 3 rings (SSSR count). The fraction of sp³-hybridized carbons (Fsp3) is 0.647. The summed E-state index contributed by atoms with van der Waals surface area (Å²) in [5.41, 5.74) is 1.91. The fourth-order valence-corrected chi connectivity index (χ4v) is 3.81. The number of rotatable bonds is 3. The molecule has 2 aliphatic rings. The van der Waals surface area contributed by atoms with E-state index in [1.807, 2.05) is 0 Å². The maximum absolute atomic E-state index is 6.16. The van der Waals surface area contributed by atoms with E-state index >= 15 is 0 Å². The number of hydrogen-bond donors (Lipinski definition) is 0. The van der Waals surface area contributed by atoms with Crippen molar-refractivity contribution >= 4 is 24.3 Å². The summed E-state index contributed by atoms with van der Waals surface area (Å²) in [4.78, 5) is 2.53. The zero-order chi connectivity index (χ0) is 15.8. The topological polar surface area (TPSA) is 21.7 Å². The Morgan fingerprint density at radius 3 is 2.36 bits per heavy atom. The van der Waals surface area contributed by atoms with E-state index in [9.17, 15) is 0 Å². The lowest BCUT2D eigenvalue weighted by Gasteiger charge is -2.32. The van der Waals surface area contributed by atoms with Gasteiger partial charge in [-0.3, -0.25) is 4.90 Å². The largest absolute Gasteiger partial charge is 0.494 e. The Morgan fingerprint density at radius 1 is 1.09 bits per heavy atom. The molecule has 2 heterocycles. The first-order valence-electron chi connectivity index (χ1n) is 8.12. The molecule has 0 radical (unpaired) electrons. The Morgan fingerprint density at radius 2 is 1.73 bits per heavy atom. The summed E-state index contributed by atoms with van der Waals surface area (Å²) in [6.45, 7) is 11.8. The summed E-state index contributed by atoms with van der Waals surface area (Å²) in [5, 5.41) is 0. The average Bonchev–Trinajstić information content (AvgIpc) is 2.69. The highest BCUT2D eigenvalue weighted by molar-refractivity contribution is 7.99. The van der Waals surface area contributed by atoms with E-state index in [2.05, 4.69) is 68.6 Å². The lowest BCUT2D eigenvalue weighted by Crippen LogP contribution is -2.41. The van der Waals surface area contributed by atoms with E-state index in [-0.39, 0.29) is 18.3 Å². The van der Waals surface area contributed by atoms with Crippen LogP contribution in [0, 0.1) is 0 Å². The Labute approximate surface area is 138 Å². The van der Waals surface area contributed by atoms with Crippen LogP contribution in [0.5, 0.6) is 0 Å². The molecule has 2 aliphatic heterocycles. The zero-order valence-electron chi connectivity index (χ0n) is 14.1. The molecular weight excluding hydrogens is 293 g/mol. The Balaban J connectivity index is 1.72. The summed E-state index contributed by atoms with van der Waals surface area (Å²) in [6, 6.07) is 8.67. The standard InChI is InChI=1S/C17H26BNO2S/c1-16(2)17(3,4)21-18(20-16)15-7-5-6-14(12-15)13-19-8-10-22-11-9-19/h5-7,12H,8-11,13H2,1-4H3. The SMILES string of the molecule is CC1(C)OB(c2cccc(CN3CCSCC3)c2)OC1(C)C. The fourth-order valence-electron chi connectivity index (χ4n) is 2.83. The molecule has 0 aromatic heterocycles. The molecule has 120 valence electrons. The third-order valence-corrected chi connectivity index (χ3v) is 5.93. The van der Waals surface area contributed by atoms with Gasteiger partial charge in [-0.1, -0.05) is 24.3 Å². The van der Waals surface area contributed by atoms with Crippen molar-refractivity contribution in [2.24, 2.45) is 0 Å². The van der Waals surface area contributed by atoms with Crippen LogP contribution in [0.3, 0.4) is 0 Å². The summed E-state index contributed by atoms with van der Waals surface area (Å²) >= 11 is 2.05. The normalized spacial score (nSPS) is 24.6. The molecule has 3 nitrogen and oxygen atoms in total. The van der Waals surface area contributed by atoms with Crippen molar-refractivity contribution in [3.05, 3.63) is 29.8 Å². The Hall–Kier alpha value is -0.485. The molecule has 0 N–H and O–H groups in total. The molecule has 22 heavy (non-hydrogen) atoms. The average molecular weight is 319 g/mol. The highest BCUT2D eigenvalue weighted by Crippen LogP contribution is 2.36. The molecular formula is C17H26BNO2S. The lowest BCUT2D eigenvalue weighted by molar-refractivity contribution is 0.00578. The van der Waals surface area contributed by atoms with E-state index in [4.69, 9.17) is 9.31 Å². The van der Waals surface area contributed by atoms with E-state index in [1.54, 1.807) is 0 Å². The van der Waals surface area contributed by atoms with Gasteiger partial charge in [0.25, 0.3) is 0 Å². The number of hydrogen-bond acceptors (Lipinski definition) is 4. The smallest absolute Gasteiger partial charge is 0.399 e. The molecule has 0 bridgehead atoms. The molecule has 1 aromatic carbocycles. The van der Waals surface area contributed by atoms with Crippen LogP contribution < -0.4 is 5.46 Å². The summed E-state index contributed by atoms with van der Waals surface area (Å²) < 4.78 is 12.3. The van der Waals surface area contributed by atoms with Crippen LogP contribution in [0.25, 0.3) is 0 Å². The number of nitrogens with zero attached hydrogens (tertiary/aromatic N) is 1. The van der Waals surface area contributed by atoms with Gasteiger partial charge >= 0.3 is 7.12 Å². The second-order valence-corrected chi connectivity index (χ2v) is 8.45. The second kappa shape index (κ2) is 6.19. The van der Waals surface area contributed by atoms with Crippen molar-refractivity contribution in [1.82, 2.24) is 4.90 Å². The first-order valence-corrected chi connectivity index (χ1v) is 9.27. The van der Waals surface area contributed by atoms with Crippen molar-refractivity contribution < 1.29 is 9.31 Å². The molecule has 2 saturated heterocycles. The molecule has 0 amide bonds. The van der Waals surface area contributed by atoms with Gasteiger partial charge in [0.15, 0.2) is 0 Å². The predicted octanol–water partition coefficient (Wildman–Crippen LogP) is 2.53. The predicted molar refractivity (Wildman–Crippen MR) is 94.8 cm³/mol. The van der Waals surface area contributed by atoms with E-state index in [0.717, 1.165) is 12.0 Å². The van der Waals surface area contributed by atoms with Gasteiger partial charge in [0, 0.05) is 31.1 Å². The maximum atomic E-state index is 6.16. The van der Waals surface area contributed by atoms with Gasteiger partial charge in [0.1, 0.15) is 0 Å². The Bertz CT molecular complexity index is 513. The quantitative estimate of drug-likeness (QED) is 0.798. The van der Waals surface area contributed by atoms with Crippen LogP contribution in [0.2, 0.25) is 0 Å². The number of benzene rings is 1. The summed E-state index contributed by atoms with van der Waals surface area (Å²) in [5.74, 6) is 2.49. The van der Waals surface area contributed by atoms with Gasteiger partial charge in [-0.25, -0.2) is 0 Å². The summed E-state index contributed by atoms with van der Waals surface area (Å²) in [7, 11) is -0.262. The van der Waals surface area contributed by atoms with Crippen LogP contribution in [-0.2, 0) is 15.9 Å².